The van der Waals surface area contributed by atoms with Crippen molar-refractivity contribution in [3.8, 4) is 0 Å². The normalized spacial score (nSPS) is 11.9. The van der Waals surface area contributed by atoms with Gasteiger partial charge in [0, 0.05) is 6.20 Å². The van der Waals surface area contributed by atoms with Gasteiger partial charge in [-0.15, -0.1) is 0 Å². The second-order valence-corrected chi connectivity index (χ2v) is 3.01. The van der Waals surface area contributed by atoms with E-state index in [4.69, 9.17) is 10.2 Å². The topological polar surface area (TPSA) is 99.5 Å². The molecule has 6 nitrogen and oxygen atoms in total. The SMILES string of the molecule is O=C(NC(CO)C(=O)O)c1ccnc(F)c1F. The summed E-state index contributed by atoms with van der Waals surface area (Å²) in [5.74, 6) is -5.58. The van der Waals surface area contributed by atoms with E-state index >= 15 is 0 Å². The number of carboxylic acid groups (broad SMARTS) is 1. The van der Waals surface area contributed by atoms with Gasteiger partial charge < -0.3 is 15.5 Å². The molecule has 1 amide bonds. The Hall–Kier alpha value is -2.09. The first-order valence-electron chi connectivity index (χ1n) is 4.42. The van der Waals surface area contributed by atoms with Crippen LogP contribution in [0, 0.1) is 11.8 Å². The summed E-state index contributed by atoms with van der Waals surface area (Å²) < 4.78 is 25.8. The summed E-state index contributed by atoms with van der Waals surface area (Å²) in [6.07, 6.45) is 0.863. The smallest absolute Gasteiger partial charge is 0.328 e. The number of nitrogens with zero attached hydrogens (tertiary/aromatic N) is 1. The molecule has 1 aromatic heterocycles. The molecule has 1 heterocycles. The number of aliphatic hydroxyl groups excluding tert-OH is 1. The number of halogens is 2. The van der Waals surface area contributed by atoms with E-state index in [9.17, 15) is 18.4 Å². The van der Waals surface area contributed by atoms with E-state index in [0.29, 0.717) is 0 Å². The Labute approximate surface area is 93.9 Å². The zero-order valence-corrected chi connectivity index (χ0v) is 8.35. The zero-order chi connectivity index (χ0) is 13.0. The number of carbonyl (C=O) groups excluding carboxylic acids is 1. The lowest BCUT2D eigenvalue weighted by Crippen LogP contribution is -2.43. The highest BCUT2D eigenvalue weighted by Crippen LogP contribution is 2.08. The number of pyridine rings is 1. The van der Waals surface area contributed by atoms with E-state index < -0.39 is 41.9 Å². The summed E-state index contributed by atoms with van der Waals surface area (Å²) in [6, 6.07) is -0.692. The number of hydrogen-bond donors (Lipinski definition) is 3. The average Bonchev–Trinajstić information content (AvgIpc) is 2.28. The lowest BCUT2D eigenvalue weighted by molar-refractivity contribution is -0.140. The fourth-order valence-corrected chi connectivity index (χ4v) is 1.02. The van der Waals surface area contributed by atoms with Gasteiger partial charge in [0.2, 0.25) is 5.95 Å². The van der Waals surface area contributed by atoms with Crippen molar-refractivity contribution >= 4 is 11.9 Å². The van der Waals surface area contributed by atoms with Crippen molar-refractivity contribution in [1.29, 1.82) is 0 Å². The fraction of sp³-hybridized carbons (Fsp3) is 0.222. The predicted molar refractivity (Wildman–Crippen MR) is 50.1 cm³/mol. The highest BCUT2D eigenvalue weighted by Gasteiger charge is 2.22. The minimum atomic E-state index is -1.59. The van der Waals surface area contributed by atoms with Gasteiger partial charge in [-0.3, -0.25) is 4.79 Å². The minimum absolute atomic E-state index is 0.683. The number of aliphatic hydroxyl groups is 1. The second-order valence-electron chi connectivity index (χ2n) is 3.01. The van der Waals surface area contributed by atoms with Crippen molar-refractivity contribution in [3.05, 3.63) is 29.6 Å². The fourth-order valence-electron chi connectivity index (χ4n) is 1.02. The Morgan fingerprint density at radius 2 is 2.12 bits per heavy atom. The first-order valence-corrected chi connectivity index (χ1v) is 4.42. The van der Waals surface area contributed by atoms with Gasteiger partial charge in [0.1, 0.15) is 0 Å². The van der Waals surface area contributed by atoms with Crippen LogP contribution in [0.5, 0.6) is 0 Å². The Morgan fingerprint density at radius 3 is 2.65 bits per heavy atom. The molecule has 0 bridgehead atoms. The van der Waals surface area contributed by atoms with Crippen LogP contribution in [0.15, 0.2) is 12.3 Å². The summed E-state index contributed by atoms with van der Waals surface area (Å²) in [4.78, 5) is 24.8. The number of carbonyl (C=O) groups is 2. The molecule has 1 unspecified atom stereocenters. The number of aromatic nitrogens is 1. The molecule has 8 heteroatoms. The maximum Gasteiger partial charge on any atom is 0.328 e. The molecule has 0 saturated carbocycles. The maximum atomic E-state index is 13.1. The summed E-state index contributed by atoms with van der Waals surface area (Å²) in [7, 11) is 0. The molecule has 0 spiro atoms. The average molecular weight is 246 g/mol. The van der Waals surface area contributed by atoms with Crippen LogP contribution < -0.4 is 5.32 Å². The highest BCUT2D eigenvalue weighted by atomic mass is 19.2. The minimum Gasteiger partial charge on any atom is -0.480 e. The number of hydrogen-bond acceptors (Lipinski definition) is 4. The van der Waals surface area contributed by atoms with Crippen molar-refractivity contribution in [2.75, 3.05) is 6.61 Å². The molecule has 0 fully saturated rings. The molecule has 17 heavy (non-hydrogen) atoms. The van der Waals surface area contributed by atoms with Crippen LogP contribution >= 0.6 is 0 Å². The highest BCUT2D eigenvalue weighted by molar-refractivity contribution is 5.96. The lowest BCUT2D eigenvalue weighted by atomic mass is 10.2. The molecule has 0 aliphatic heterocycles. The largest absolute Gasteiger partial charge is 0.480 e. The lowest BCUT2D eigenvalue weighted by Gasteiger charge is -2.11. The van der Waals surface area contributed by atoms with Gasteiger partial charge in [-0.25, -0.2) is 14.2 Å². The Balaban J connectivity index is 2.90. The first kappa shape index (κ1) is 13.0. The van der Waals surface area contributed by atoms with Gasteiger partial charge in [0.15, 0.2) is 11.9 Å². The van der Waals surface area contributed by atoms with Gasteiger partial charge in [-0.2, -0.15) is 4.39 Å². The van der Waals surface area contributed by atoms with Gasteiger partial charge >= 0.3 is 5.97 Å². The van der Waals surface area contributed by atoms with Crippen molar-refractivity contribution in [3.63, 3.8) is 0 Å². The molecule has 3 N–H and O–H groups in total. The molecular formula is C9H8F2N2O4. The number of nitrogens with one attached hydrogen (secondary N) is 1. The number of aliphatic carboxylic acids is 1. The van der Waals surface area contributed by atoms with Gasteiger partial charge in [0.05, 0.1) is 12.2 Å². The summed E-state index contributed by atoms with van der Waals surface area (Å²) in [5, 5.41) is 19.0. The van der Waals surface area contributed by atoms with Crippen molar-refractivity contribution in [2.24, 2.45) is 0 Å². The van der Waals surface area contributed by atoms with Crippen LogP contribution in [0.3, 0.4) is 0 Å². The quantitative estimate of drug-likeness (QED) is 0.624. The van der Waals surface area contributed by atoms with Crippen LogP contribution in [-0.2, 0) is 4.79 Å². The third kappa shape index (κ3) is 2.94. The van der Waals surface area contributed by atoms with Crippen LogP contribution in [0.4, 0.5) is 8.78 Å². The molecule has 0 saturated heterocycles. The van der Waals surface area contributed by atoms with Crippen LogP contribution in [0.1, 0.15) is 10.4 Å². The van der Waals surface area contributed by atoms with E-state index in [2.05, 4.69) is 4.98 Å². The summed E-state index contributed by atoms with van der Waals surface area (Å²) in [6.45, 7) is -0.865. The standard InChI is InChI=1S/C9H8F2N2O4/c10-6-4(1-2-12-7(6)11)8(15)13-5(3-14)9(16)17/h1-2,5,14H,3H2,(H,13,15)(H,16,17). The van der Waals surface area contributed by atoms with E-state index in [1.165, 1.54) is 0 Å². The predicted octanol–water partition coefficient (Wildman–Crippen LogP) is -0.465. The van der Waals surface area contributed by atoms with Gasteiger partial charge in [-0.05, 0) is 6.07 Å². The molecular weight excluding hydrogens is 238 g/mol. The van der Waals surface area contributed by atoms with Crippen molar-refractivity contribution < 1.29 is 28.6 Å². The monoisotopic (exact) mass is 246 g/mol. The molecule has 0 aliphatic carbocycles. The molecule has 92 valence electrons. The third-order valence-corrected chi connectivity index (χ3v) is 1.88. The van der Waals surface area contributed by atoms with Gasteiger partial charge in [0.25, 0.3) is 5.91 Å². The van der Waals surface area contributed by atoms with E-state index in [0.717, 1.165) is 12.3 Å². The number of amides is 1. The second kappa shape index (κ2) is 5.30. The molecule has 1 aromatic rings. The Kier molecular flexibility index (Phi) is 4.05. The van der Waals surface area contributed by atoms with Gasteiger partial charge in [-0.1, -0.05) is 0 Å². The molecule has 0 radical (unpaired) electrons. The van der Waals surface area contributed by atoms with E-state index in [1.807, 2.05) is 5.32 Å². The zero-order valence-electron chi connectivity index (χ0n) is 8.35. The van der Waals surface area contributed by atoms with Crippen molar-refractivity contribution in [1.82, 2.24) is 10.3 Å². The van der Waals surface area contributed by atoms with Crippen molar-refractivity contribution in [2.45, 2.75) is 6.04 Å². The summed E-state index contributed by atoms with van der Waals surface area (Å²) in [5.41, 5.74) is -0.683. The number of carboxylic acids is 1. The first-order chi connectivity index (χ1) is 7.97. The van der Waals surface area contributed by atoms with Crippen LogP contribution in [-0.4, -0.2) is 39.7 Å². The molecule has 0 aliphatic rings. The molecule has 1 atom stereocenters. The van der Waals surface area contributed by atoms with E-state index in [-0.39, 0.29) is 0 Å². The Morgan fingerprint density at radius 1 is 1.47 bits per heavy atom. The van der Waals surface area contributed by atoms with Crippen LogP contribution in [0.2, 0.25) is 0 Å². The molecule has 0 aromatic carbocycles. The maximum absolute atomic E-state index is 13.1. The molecule has 1 rings (SSSR count). The Bertz CT molecular complexity index is 453. The van der Waals surface area contributed by atoms with Crippen LogP contribution in [0.25, 0.3) is 0 Å². The number of rotatable bonds is 4. The van der Waals surface area contributed by atoms with E-state index in [1.54, 1.807) is 0 Å². The third-order valence-electron chi connectivity index (χ3n) is 1.88. The summed E-state index contributed by atoms with van der Waals surface area (Å²) >= 11 is 0.